The lowest BCUT2D eigenvalue weighted by Crippen LogP contribution is -2.34. The van der Waals surface area contributed by atoms with Crippen molar-refractivity contribution in [2.75, 3.05) is 20.2 Å². The number of amides is 1. The van der Waals surface area contributed by atoms with Crippen molar-refractivity contribution >= 4 is 17.6 Å². The molecule has 0 radical (unpaired) electrons. The molecule has 1 aliphatic carbocycles. The minimum atomic E-state index is -0.525. The first kappa shape index (κ1) is 19.6. The lowest BCUT2D eigenvalue weighted by molar-refractivity contribution is -0.384. The summed E-state index contributed by atoms with van der Waals surface area (Å²) in [7, 11) is 1.31. The zero-order valence-corrected chi connectivity index (χ0v) is 15.0. The number of nitro groups is 1. The van der Waals surface area contributed by atoms with Crippen molar-refractivity contribution in [2.24, 2.45) is 0 Å². The van der Waals surface area contributed by atoms with Crippen LogP contribution < -0.4 is 0 Å². The Morgan fingerprint density at radius 3 is 2.73 bits per heavy atom. The fourth-order valence-corrected chi connectivity index (χ4v) is 2.99. The van der Waals surface area contributed by atoms with Gasteiger partial charge >= 0.3 is 5.97 Å². The molecule has 0 saturated heterocycles. The topological polar surface area (TPSA) is 89.8 Å². The van der Waals surface area contributed by atoms with Crippen LogP contribution in [0.25, 0.3) is 0 Å². The minimum Gasteiger partial charge on any atom is -0.469 e. The van der Waals surface area contributed by atoms with Gasteiger partial charge in [0.2, 0.25) is 0 Å². The van der Waals surface area contributed by atoms with Crippen LogP contribution in [0.2, 0.25) is 0 Å². The minimum absolute atomic E-state index is 0.0935. The quantitative estimate of drug-likeness (QED) is 0.306. The van der Waals surface area contributed by atoms with Crippen LogP contribution in [0.4, 0.5) is 5.69 Å². The molecule has 7 heteroatoms. The Bertz CT molecular complexity index is 699. The molecule has 0 aromatic heterocycles. The van der Waals surface area contributed by atoms with Gasteiger partial charge in [0.05, 0.1) is 18.5 Å². The molecular weight excluding hydrogens is 336 g/mol. The summed E-state index contributed by atoms with van der Waals surface area (Å²) in [6.07, 6.45) is 7.53. The van der Waals surface area contributed by atoms with E-state index in [0.29, 0.717) is 6.54 Å². The predicted molar refractivity (Wildman–Crippen MR) is 96.8 cm³/mol. The van der Waals surface area contributed by atoms with Gasteiger partial charge in [-0.15, -0.1) is 0 Å². The number of ether oxygens (including phenoxy) is 1. The van der Waals surface area contributed by atoms with Gasteiger partial charge in [0, 0.05) is 30.8 Å². The number of hydrogen-bond acceptors (Lipinski definition) is 5. The van der Waals surface area contributed by atoms with Gasteiger partial charge in [-0.1, -0.05) is 17.7 Å². The number of allylic oxidation sites excluding steroid dienone is 1. The highest BCUT2D eigenvalue weighted by Crippen LogP contribution is 2.21. The molecule has 0 unspecified atom stereocenters. The molecule has 1 aliphatic rings. The molecule has 0 fully saturated rings. The average Bonchev–Trinajstić information content (AvgIpc) is 2.68. The van der Waals surface area contributed by atoms with Crippen LogP contribution in [0, 0.1) is 10.1 Å². The van der Waals surface area contributed by atoms with Gasteiger partial charge in [-0.3, -0.25) is 19.7 Å². The van der Waals surface area contributed by atoms with Crippen molar-refractivity contribution < 1.29 is 19.2 Å². The fourth-order valence-electron chi connectivity index (χ4n) is 2.99. The maximum absolute atomic E-state index is 12.8. The summed E-state index contributed by atoms with van der Waals surface area (Å²) in [6, 6.07) is 5.67. The Labute approximate surface area is 152 Å². The van der Waals surface area contributed by atoms with E-state index < -0.39 is 10.9 Å². The second-order valence-corrected chi connectivity index (χ2v) is 6.28. The monoisotopic (exact) mass is 360 g/mol. The molecule has 0 bridgehead atoms. The van der Waals surface area contributed by atoms with E-state index in [2.05, 4.69) is 10.8 Å². The fraction of sp³-hybridized carbons (Fsp3) is 0.474. The molecule has 140 valence electrons. The summed E-state index contributed by atoms with van der Waals surface area (Å²) in [5.41, 5.74) is 1.45. The SMILES string of the molecule is COC(=O)CCN(CCC1=CCCCC1)C(=O)c1cccc([N+](=O)[O-])c1. The summed E-state index contributed by atoms with van der Waals surface area (Å²) >= 11 is 0. The summed E-state index contributed by atoms with van der Waals surface area (Å²) < 4.78 is 4.65. The second kappa shape index (κ2) is 9.70. The molecule has 0 atom stereocenters. The number of nitro benzene ring substituents is 1. The number of hydrogen-bond donors (Lipinski definition) is 0. The Balaban J connectivity index is 2.11. The maximum Gasteiger partial charge on any atom is 0.307 e. The summed E-state index contributed by atoms with van der Waals surface area (Å²) in [6.45, 7) is 0.700. The van der Waals surface area contributed by atoms with Gasteiger partial charge in [0.1, 0.15) is 0 Å². The van der Waals surface area contributed by atoms with E-state index in [1.165, 1.54) is 37.3 Å². The van der Waals surface area contributed by atoms with Crippen LogP contribution in [0.5, 0.6) is 0 Å². The van der Waals surface area contributed by atoms with Crippen LogP contribution in [0.15, 0.2) is 35.9 Å². The molecule has 1 amide bonds. The molecular formula is C19H24N2O5. The Hall–Kier alpha value is -2.70. The van der Waals surface area contributed by atoms with Crippen molar-refractivity contribution in [3.8, 4) is 0 Å². The van der Waals surface area contributed by atoms with Gasteiger partial charge < -0.3 is 9.64 Å². The van der Waals surface area contributed by atoms with Crippen molar-refractivity contribution in [3.63, 3.8) is 0 Å². The number of carbonyl (C=O) groups is 2. The molecule has 26 heavy (non-hydrogen) atoms. The zero-order valence-electron chi connectivity index (χ0n) is 15.0. The smallest absolute Gasteiger partial charge is 0.307 e. The number of esters is 1. The molecule has 0 aliphatic heterocycles. The number of non-ortho nitro benzene ring substituents is 1. The standard InChI is InChI=1S/C19H24N2O5/c1-26-18(22)11-13-20(12-10-15-6-3-2-4-7-15)19(23)16-8-5-9-17(14-16)21(24)25/h5-6,8-9,14H,2-4,7,10-13H2,1H3. The van der Waals surface area contributed by atoms with Gasteiger partial charge in [-0.25, -0.2) is 0 Å². The van der Waals surface area contributed by atoms with Gasteiger partial charge in [-0.05, 0) is 38.2 Å². The number of methoxy groups -OCH3 is 1. The van der Waals surface area contributed by atoms with Crippen molar-refractivity contribution in [1.29, 1.82) is 0 Å². The summed E-state index contributed by atoms with van der Waals surface area (Å²) in [5, 5.41) is 10.9. The first-order valence-corrected chi connectivity index (χ1v) is 8.79. The van der Waals surface area contributed by atoms with Crippen LogP contribution in [0.3, 0.4) is 0 Å². The van der Waals surface area contributed by atoms with E-state index in [1.807, 2.05) is 0 Å². The first-order chi connectivity index (χ1) is 12.5. The molecule has 1 aromatic carbocycles. The van der Waals surface area contributed by atoms with E-state index >= 15 is 0 Å². The van der Waals surface area contributed by atoms with Crippen LogP contribution in [0.1, 0.15) is 48.9 Å². The highest BCUT2D eigenvalue weighted by molar-refractivity contribution is 5.95. The predicted octanol–water partition coefficient (Wildman–Crippen LogP) is 3.49. The highest BCUT2D eigenvalue weighted by atomic mass is 16.6. The third-order valence-corrected chi connectivity index (χ3v) is 4.49. The molecule has 7 nitrogen and oxygen atoms in total. The lowest BCUT2D eigenvalue weighted by atomic mass is 9.97. The van der Waals surface area contributed by atoms with Crippen LogP contribution in [-0.2, 0) is 9.53 Å². The van der Waals surface area contributed by atoms with Crippen molar-refractivity contribution in [1.82, 2.24) is 4.90 Å². The number of rotatable bonds is 8. The van der Waals surface area contributed by atoms with Gasteiger partial charge in [0.25, 0.3) is 11.6 Å². The second-order valence-electron chi connectivity index (χ2n) is 6.28. The molecule has 2 rings (SSSR count). The van der Waals surface area contributed by atoms with Gasteiger partial charge in [-0.2, -0.15) is 0 Å². The first-order valence-electron chi connectivity index (χ1n) is 8.79. The van der Waals surface area contributed by atoms with E-state index in [-0.39, 0.29) is 30.1 Å². The van der Waals surface area contributed by atoms with E-state index in [9.17, 15) is 19.7 Å². The Morgan fingerprint density at radius 2 is 2.08 bits per heavy atom. The molecule has 0 N–H and O–H groups in total. The Kier molecular flexibility index (Phi) is 7.32. The third-order valence-electron chi connectivity index (χ3n) is 4.49. The van der Waals surface area contributed by atoms with E-state index in [0.717, 1.165) is 25.7 Å². The van der Waals surface area contributed by atoms with E-state index in [4.69, 9.17) is 0 Å². The maximum atomic E-state index is 12.8. The van der Waals surface area contributed by atoms with Gasteiger partial charge in [0.15, 0.2) is 0 Å². The molecule has 0 heterocycles. The largest absolute Gasteiger partial charge is 0.469 e. The third kappa shape index (κ3) is 5.68. The number of carbonyl (C=O) groups excluding carboxylic acids is 2. The molecule has 1 aromatic rings. The van der Waals surface area contributed by atoms with Crippen LogP contribution in [-0.4, -0.2) is 41.9 Å². The summed E-state index contributed by atoms with van der Waals surface area (Å²) in [5.74, 6) is -0.701. The average molecular weight is 360 g/mol. The Morgan fingerprint density at radius 1 is 1.27 bits per heavy atom. The lowest BCUT2D eigenvalue weighted by Gasteiger charge is -2.24. The molecule has 0 saturated carbocycles. The van der Waals surface area contributed by atoms with E-state index in [1.54, 1.807) is 11.0 Å². The summed E-state index contributed by atoms with van der Waals surface area (Å²) in [4.78, 5) is 36.3. The van der Waals surface area contributed by atoms with Crippen molar-refractivity contribution in [3.05, 3.63) is 51.6 Å². The molecule has 0 spiro atoms. The normalized spacial score (nSPS) is 13.7. The number of nitrogens with zero attached hydrogens (tertiary/aromatic N) is 2. The zero-order chi connectivity index (χ0) is 18.9. The highest BCUT2D eigenvalue weighted by Gasteiger charge is 2.20. The van der Waals surface area contributed by atoms with Crippen LogP contribution >= 0.6 is 0 Å². The number of benzene rings is 1. The van der Waals surface area contributed by atoms with Crippen molar-refractivity contribution in [2.45, 2.75) is 38.5 Å².